The lowest BCUT2D eigenvalue weighted by Crippen LogP contribution is -2.48. The molecule has 2 fully saturated rings. The SMILES string of the molecule is O=C(Oc1ncc(C(=O)N2CCC(N3CCc4ccccc4C3)CC2)cn1)[C@H]1CCCN1. The van der Waals surface area contributed by atoms with Gasteiger partial charge in [-0.2, -0.15) is 0 Å². The first-order valence-corrected chi connectivity index (χ1v) is 11.5. The van der Waals surface area contributed by atoms with Crippen molar-refractivity contribution >= 4 is 11.9 Å². The molecule has 5 rings (SSSR count). The fourth-order valence-corrected chi connectivity index (χ4v) is 4.97. The van der Waals surface area contributed by atoms with Gasteiger partial charge >= 0.3 is 12.0 Å². The second kappa shape index (κ2) is 9.34. The topological polar surface area (TPSA) is 87.7 Å². The largest absolute Gasteiger partial charge is 0.390 e. The van der Waals surface area contributed by atoms with E-state index in [2.05, 4.69) is 44.5 Å². The summed E-state index contributed by atoms with van der Waals surface area (Å²) in [6, 6.07) is 8.89. The predicted octanol–water partition coefficient (Wildman–Crippen LogP) is 1.80. The minimum atomic E-state index is -0.371. The van der Waals surface area contributed by atoms with Crippen LogP contribution in [-0.4, -0.2) is 69.9 Å². The van der Waals surface area contributed by atoms with Crippen molar-refractivity contribution in [3.8, 4) is 6.01 Å². The van der Waals surface area contributed by atoms with E-state index in [1.54, 1.807) is 0 Å². The second-order valence-electron chi connectivity index (χ2n) is 8.84. The molecule has 8 nitrogen and oxygen atoms in total. The summed E-state index contributed by atoms with van der Waals surface area (Å²) in [5.74, 6) is -0.438. The Morgan fingerprint density at radius 2 is 1.75 bits per heavy atom. The maximum absolute atomic E-state index is 12.9. The number of benzene rings is 1. The molecule has 1 amide bonds. The molecule has 0 radical (unpaired) electrons. The lowest BCUT2D eigenvalue weighted by Gasteiger charge is -2.40. The third-order valence-electron chi connectivity index (χ3n) is 6.84. The molecule has 32 heavy (non-hydrogen) atoms. The lowest BCUT2D eigenvalue weighted by atomic mass is 9.95. The van der Waals surface area contributed by atoms with Crippen molar-refractivity contribution in [3.63, 3.8) is 0 Å². The zero-order valence-electron chi connectivity index (χ0n) is 18.2. The van der Waals surface area contributed by atoms with Gasteiger partial charge in [-0.05, 0) is 49.8 Å². The van der Waals surface area contributed by atoms with E-state index in [4.69, 9.17) is 4.74 Å². The number of aromatic nitrogens is 2. The molecule has 1 atom stereocenters. The van der Waals surface area contributed by atoms with Gasteiger partial charge in [0.25, 0.3) is 5.91 Å². The van der Waals surface area contributed by atoms with E-state index in [1.165, 1.54) is 23.5 Å². The molecule has 168 valence electrons. The zero-order valence-corrected chi connectivity index (χ0v) is 18.2. The summed E-state index contributed by atoms with van der Waals surface area (Å²) in [5, 5.41) is 3.09. The van der Waals surface area contributed by atoms with Crippen LogP contribution in [-0.2, 0) is 17.8 Å². The minimum absolute atomic E-state index is 0.00987. The summed E-state index contributed by atoms with van der Waals surface area (Å²) in [4.78, 5) is 37.6. The van der Waals surface area contributed by atoms with Crippen LogP contribution in [0.2, 0.25) is 0 Å². The molecule has 0 unspecified atom stereocenters. The number of carbonyl (C=O) groups excluding carboxylic acids is 2. The molecule has 0 spiro atoms. The van der Waals surface area contributed by atoms with E-state index in [0.29, 0.717) is 11.6 Å². The molecule has 1 N–H and O–H groups in total. The van der Waals surface area contributed by atoms with Gasteiger partial charge in [-0.15, -0.1) is 0 Å². The fourth-order valence-electron chi connectivity index (χ4n) is 4.97. The number of hydrogen-bond acceptors (Lipinski definition) is 7. The number of fused-ring (bicyclic) bond motifs is 1. The van der Waals surface area contributed by atoms with Crippen molar-refractivity contribution in [3.05, 3.63) is 53.3 Å². The summed E-state index contributed by atoms with van der Waals surface area (Å²) >= 11 is 0. The van der Waals surface area contributed by atoms with Gasteiger partial charge in [-0.3, -0.25) is 9.69 Å². The number of likely N-dealkylation sites (tertiary alicyclic amines) is 1. The van der Waals surface area contributed by atoms with E-state index in [9.17, 15) is 9.59 Å². The number of nitrogens with one attached hydrogen (secondary N) is 1. The van der Waals surface area contributed by atoms with Gasteiger partial charge in [0.1, 0.15) is 6.04 Å². The molecule has 2 saturated heterocycles. The Balaban J connectivity index is 1.13. The molecular weight excluding hydrogens is 406 g/mol. The van der Waals surface area contributed by atoms with E-state index in [-0.39, 0.29) is 23.9 Å². The average molecular weight is 436 g/mol. The monoisotopic (exact) mass is 435 g/mol. The van der Waals surface area contributed by atoms with Crippen LogP contribution in [0.15, 0.2) is 36.7 Å². The Bertz CT molecular complexity index is 966. The maximum Gasteiger partial charge on any atom is 0.330 e. The molecule has 0 saturated carbocycles. The maximum atomic E-state index is 12.9. The summed E-state index contributed by atoms with van der Waals surface area (Å²) < 4.78 is 5.23. The van der Waals surface area contributed by atoms with Gasteiger partial charge in [0, 0.05) is 44.6 Å². The highest BCUT2D eigenvalue weighted by atomic mass is 16.5. The Labute approximate surface area is 188 Å². The Hall–Kier alpha value is -2.84. The number of ether oxygens (including phenoxy) is 1. The third-order valence-corrected chi connectivity index (χ3v) is 6.84. The van der Waals surface area contributed by atoms with Crippen molar-refractivity contribution in [1.82, 2.24) is 25.1 Å². The first-order chi connectivity index (χ1) is 15.7. The molecule has 2 aromatic rings. The standard InChI is InChI=1S/C24H29N5O3/c30-22(19-14-26-24(27-15-19)32-23(31)21-6-3-10-25-21)28-12-8-20(9-13-28)29-11-7-17-4-1-2-5-18(17)16-29/h1-2,4-5,14-15,20-21,25H,3,6-13,16H2/t21-/m1/s1. The van der Waals surface area contributed by atoms with Gasteiger partial charge in [0.05, 0.1) is 5.56 Å². The van der Waals surface area contributed by atoms with Crippen LogP contribution in [0.4, 0.5) is 0 Å². The number of carbonyl (C=O) groups is 2. The van der Waals surface area contributed by atoms with Crippen molar-refractivity contribution in [1.29, 1.82) is 0 Å². The highest BCUT2D eigenvalue weighted by Gasteiger charge is 2.30. The highest BCUT2D eigenvalue weighted by molar-refractivity contribution is 5.93. The van der Waals surface area contributed by atoms with Gasteiger partial charge < -0.3 is 15.0 Å². The number of esters is 1. The quantitative estimate of drug-likeness (QED) is 0.733. The van der Waals surface area contributed by atoms with Gasteiger partial charge in [-0.25, -0.2) is 14.8 Å². The molecular formula is C24H29N5O3. The van der Waals surface area contributed by atoms with E-state index in [0.717, 1.165) is 64.8 Å². The molecule has 0 bridgehead atoms. The first-order valence-electron chi connectivity index (χ1n) is 11.5. The number of nitrogens with zero attached hydrogens (tertiary/aromatic N) is 4. The number of piperidine rings is 1. The molecule has 3 aliphatic rings. The Morgan fingerprint density at radius 1 is 1.00 bits per heavy atom. The number of hydrogen-bond donors (Lipinski definition) is 1. The minimum Gasteiger partial charge on any atom is -0.390 e. The molecule has 0 aliphatic carbocycles. The van der Waals surface area contributed by atoms with Crippen LogP contribution < -0.4 is 10.1 Å². The van der Waals surface area contributed by atoms with Gasteiger partial charge in [0.15, 0.2) is 0 Å². The van der Waals surface area contributed by atoms with Crippen LogP contribution in [0.25, 0.3) is 0 Å². The second-order valence-corrected chi connectivity index (χ2v) is 8.84. The van der Waals surface area contributed by atoms with Crippen molar-refractivity contribution in [2.24, 2.45) is 0 Å². The van der Waals surface area contributed by atoms with Crippen LogP contribution >= 0.6 is 0 Å². The fraction of sp³-hybridized carbons (Fsp3) is 0.500. The summed E-state index contributed by atoms with van der Waals surface area (Å²) in [5.41, 5.74) is 3.32. The van der Waals surface area contributed by atoms with Crippen molar-refractivity contribution in [2.45, 2.75) is 50.7 Å². The number of rotatable bonds is 4. The van der Waals surface area contributed by atoms with Crippen molar-refractivity contribution in [2.75, 3.05) is 26.2 Å². The lowest BCUT2D eigenvalue weighted by molar-refractivity contribution is -0.136. The van der Waals surface area contributed by atoms with Crippen LogP contribution in [0.3, 0.4) is 0 Å². The van der Waals surface area contributed by atoms with Crippen molar-refractivity contribution < 1.29 is 14.3 Å². The molecule has 8 heteroatoms. The van der Waals surface area contributed by atoms with Crippen LogP contribution in [0, 0.1) is 0 Å². The van der Waals surface area contributed by atoms with E-state index >= 15 is 0 Å². The number of amides is 1. The van der Waals surface area contributed by atoms with E-state index < -0.39 is 0 Å². The molecule has 3 aliphatic heterocycles. The predicted molar refractivity (Wildman–Crippen MR) is 118 cm³/mol. The summed E-state index contributed by atoms with van der Waals surface area (Å²) in [6.45, 7) is 4.35. The van der Waals surface area contributed by atoms with Crippen LogP contribution in [0.5, 0.6) is 6.01 Å². The molecule has 1 aromatic carbocycles. The first kappa shape index (κ1) is 21.0. The Kier molecular flexibility index (Phi) is 6.14. The zero-order chi connectivity index (χ0) is 21.9. The molecule has 4 heterocycles. The van der Waals surface area contributed by atoms with Crippen LogP contribution in [0.1, 0.15) is 47.2 Å². The summed E-state index contributed by atoms with van der Waals surface area (Å²) in [6.07, 6.45) is 7.66. The molecule has 1 aromatic heterocycles. The average Bonchev–Trinajstić information content (AvgIpc) is 3.39. The Morgan fingerprint density at radius 3 is 2.47 bits per heavy atom. The van der Waals surface area contributed by atoms with Gasteiger partial charge in [-0.1, -0.05) is 24.3 Å². The highest BCUT2D eigenvalue weighted by Crippen LogP contribution is 2.25. The van der Waals surface area contributed by atoms with Gasteiger partial charge in [0.2, 0.25) is 0 Å². The normalized spacial score (nSPS) is 21.9. The smallest absolute Gasteiger partial charge is 0.330 e. The van der Waals surface area contributed by atoms with E-state index in [1.807, 2.05) is 4.90 Å². The summed E-state index contributed by atoms with van der Waals surface area (Å²) in [7, 11) is 0. The third kappa shape index (κ3) is 4.52.